The Morgan fingerprint density at radius 1 is 1.04 bits per heavy atom. The summed E-state index contributed by atoms with van der Waals surface area (Å²) in [5.41, 5.74) is -1.26. The fourth-order valence-corrected chi connectivity index (χ4v) is 3.11. The van der Waals surface area contributed by atoms with Crippen molar-refractivity contribution < 1.29 is 35.9 Å². The number of pyridine rings is 1. The summed E-state index contributed by atoms with van der Waals surface area (Å²) in [6.45, 7) is 0.319. The molecule has 12 heteroatoms. The second-order valence-electron chi connectivity index (χ2n) is 6.44. The van der Waals surface area contributed by atoms with Crippen LogP contribution >= 0.6 is 0 Å². The molecule has 1 atom stereocenters. The molecule has 0 spiro atoms. The molecule has 1 saturated heterocycles. The molecule has 28 heavy (non-hydrogen) atoms. The monoisotopic (exact) mass is 412 g/mol. The molecule has 1 aliphatic heterocycles. The molecule has 1 aromatic heterocycles. The number of aromatic nitrogens is 1. The SMILES string of the molecule is O=C(NC(Cc1ccncc1)C1(NC(=O)C(F)(F)F)CCNCC1)C(F)(F)F. The lowest BCUT2D eigenvalue weighted by Crippen LogP contribution is -2.68. The van der Waals surface area contributed by atoms with E-state index in [1.165, 1.54) is 24.5 Å². The molecule has 1 aromatic rings. The maximum Gasteiger partial charge on any atom is 0.471 e. The maximum absolute atomic E-state index is 12.8. The number of hydrogen-bond donors (Lipinski definition) is 3. The highest BCUT2D eigenvalue weighted by Crippen LogP contribution is 2.29. The van der Waals surface area contributed by atoms with Gasteiger partial charge in [0, 0.05) is 12.4 Å². The van der Waals surface area contributed by atoms with Gasteiger partial charge in [-0.2, -0.15) is 26.3 Å². The molecule has 0 bridgehead atoms. The van der Waals surface area contributed by atoms with Gasteiger partial charge in [-0.05, 0) is 50.0 Å². The Kier molecular flexibility index (Phi) is 6.52. The van der Waals surface area contributed by atoms with Crippen LogP contribution in [0.2, 0.25) is 0 Å². The van der Waals surface area contributed by atoms with Crippen LogP contribution in [0, 0.1) is 0 Å². The maximum atomic E-state index is 12.8. The van der Waals surface area contributed by atoms with Crippen molar-refractivity contribution in [2.45, 2.75) is 43.2 Å². The number of hydrogen-bond acceptors (Lipinski definition) is 4. The molecule has 1 unspecified atom stereocenters. The number of carbonyl (C=O) groups is 2. The van der Waals surface area contributed by atoms with Crippen LogP contribution in [0.5, 0.6) is 0 Å². The Labute approximate surface area is 156 Å². The summed E-state index contributed by atoms with van der Waals surface area (Å²) in [6, 6.07) is 1.51. The number of amides is 2. The van der Waals surface area contributed by atoms with Crippen molar-refractivity contribution in [3.63, 3.8) is 0 Å². The molecule has 1 fully saturated rings. The predicted molar refractivity (Wildman–Crippen MR) is 85.0 cm³/mol. The third kappa shape index (κ3) is 5.57. The molecule has 0 radical (unpaired) electrons. The number of nitrogens with zero attached hydrogens (tertiary/aromatic N) is 1. The summed E-state index contributed by atoms with van der Waals surface area (Å²) in [5, 5.41) is 6.50. The van der Waals surface area contributed by atoms with Crippen molar-refractivity contribution in [3.8, 4) is 0 Å². The number of nitrogens with one attached hydrogen (secondary N) is 3. The molecular weight excluding hydrogens is 394 g/mol. The smallest absolute Gasteiger partial charge is 0.343 e. The number of alkyl halides is 6. The lowest BCUT2D eigenvalue weighted by Gasteiger charge is -2.45. The molecular formula is C16H18F6N4O2. The second-order valence-corrected chi connectivity index (χ2v) is 6.44. The third-order valence-electron chi connectivity index (χ3n) is 4.53. The van der Waals surface area contributed by atoms with Gasteiger partial charge in [0.25, 0.3) is 0 Å². The minimum Gasteiger partial charge on any atom is -0.343 e. The molecule has 6 nitrogen and oxygen atoms in total. The van der Waals surface area contributed by atoms with Crippen molar-refractivity contribution in [1.82, 2.24) is 20.9 Å². The summed E-state index contributed by atoms with van der Waals surface area (Å²) in [5.74, 6) is -4.55. The summed E-state index contributed by atoms with van der Waals surface area (Å²) in [7, 11) is 0. The summed E-state index contributed by atoms with van der Waals surface area (Å²) in [6.07, 6.45) is -8.12. The van der Waals surface area contributed by atoms with E-state index in [0.29, 0.717) is 5.56 Å². The van der Waals surface area contributed by atoms with E-state index in [0.717, 1.165) is 0 Å². The minimum atomic E-state index is -5.22. The predicted octanol–water partition coefficient (Wildman–Crippen LogP) is 1.47. The van der Waals surface area contributed by atoms with Crippen LogP contribution in [0.1, 0.15) is 18.4 Å². The van der Waals surface area contributed by atoms with Gasteiger partial charge in [0.15, 0.2) is 0 Å². The van der Waals surface area contributed by atoms with E-state index in [2.05, 4.69) is 10.3 Å². The van der Waals surface area contributed by atoms with Crippen LogP contribution in [0.3, 0.4) is 0 Å². The normalized spacial score (nSPS) is 18.2. The Morgan fingerprint density at radius 2 is 1.57 bits per heavy atom. The first-order chi connectivity index (χ1) is 12.9. The highest BCUT2D eigenvalue weighted by Gasteiger charge is 2.50. The molecule has 3 N–H and O–H groups in total. The van der Waals surface area contributed by atoms with Gasteiger partial charge in [-0.1, -0.05) is 0 Å². The van der Waals surface area contributed by atoms with Crippen LogP contribution in [0.4, 0.5) is 26.3 Å². The van der Waals surface area contributed by atoms with Crippen molar-refractivity contribution in [2.75, 3.05) is 13.1 Å². The van der Waals surface area contributed by atoms with Gasteiger partial charge in [-0.15, -0.1) is 0 Å². The van der Waals surface area contributed by atoms with E-state index in [4.69, 9.17) is 0 Å². The quantitative estimate of drug-likeness (QED) is 0.640. The first-order valence-corrected chi connectivity index (χ1v) is 8.31. The standard InChI is InChI=1S/C16H18F6N4O2/c17-15(18,19)12(27)25-11(9-10-1-5-23-6-2-10)14(3-7-24-8-4-14)26-13(28)16(20,21)22/h1-2,5-6,11,24H,3-4,7-9H2,(H,25,27)(H,26,28). The molecule has 0 aromatic carbocycles. The Morgan fingerprint density at radius 3 is 2.07 bits per heavy atom. The van der Waals surface area contributed by atoms with Gasteiger partial charge < -0.3 is 16.0 Å². The average molecular weight is 412 g/mol. The van der Waals surface area contributed by atoms with Crippen molar-refractivity contribution in [1.29, 1.82) is 0 Å². The van der Waals surface area contributed by atoms with Gasteiger partial charge in [-0.3, -0.25) is 14.6 Å². The summed E-state index contributed by atoms with van der Waals surface area (Å²) < 4.78 is 76.8. The Hall–Kier alpha value is -2.37. The van der Waals surface area contributed by atoms with Gasteiger partial charge >= 0.3 is 24.2 Å². The lowest BCUT2D eigenvalue weighted by molar-refractivity contribution is -0.178. The first kappa shape index (κ1) is 21.9. The Balaban J connectivity index is 2.38. The Bertz CT molecular complexity index is 687. The van der Waals surface area contributed by atoms with E-state index < -0.39 is 35.7 Å². The zero-order valence-electron chi connectivity index (χ0n) is 14.5. The number of piperidine rings is 1. The van der Waals surface area contributed by atoms with Crippen LogP contribution in [0.25, 0.3) is 0 Å². The lowest BCUT2D eigenvalue weighted by atomic mass is 9.78. The van der Waals surface area contributed by atoms with Gasteiger partial charge in [0.1, 0.15) is 0 Å². The topological polar surface area (TPSA) is 83.1 Å². The molecule has 0 saturated carbocycles. The summed E-state index contributed by atoms with van der Waals surface area (Å²) >= 11 is 0. The summed E-state index contributed by atoms with van der Waals surface area (Å²) in [4.78, 5) is 26.9. The number of rotatable bonds is 5. The van der Waals surface area contributed by atoms with Crippen LogP contribution in [-0.4, -0.2) is 53.8 Å². The highest BCUT2D eigenvalue weighted by atomic mass is 19.4. The van der Waals surface area contributed by atoms with Crippen LogP contribution in [-0.2, 0) is 16.0 Å². The van der Waals surface area contributed by atoms with E-state index in [9.17, 15) is 35.9 Å². The molecule has 0 aliphatic carbocycles. The average Bonchev–Trinajstić information content (AvgIpc) is 2.61. The van der Waals surface area contributed by atoms with Crippen molar-refractivity contribution in [2.24, 2.45) is 0 Å². The number of carbonyl (C=O) groups excluding carboxylic acids is 2. The third-order valence-corrected chi connectivity index (χ3v) is 4.53. The van der Waals surface area contributed by atoms with Crippen LogP contribution < -0.4 is 16.0 Å². The molecule has 2 amide bonds. The highest BCUT2D eigenvalue weighted by molar-refractivity contribution is 5.84. The molecule has 2 rings (SSSR count). The molecule has 2 heterocycles. The van der Waals surface area contributed by atoms with E-state index in [1.54, 1.807) is 5.32 Å². The zero-order valence-corrected chi connectivity index (χ0v) is 14.5. The fraction of sp³-hybridized carbons (Fsp3) is 0.562. The fourth-order valence-electron chi connectivity index (χ4n) is 3.11. The minimum absolute atomic E-state index is 0.0945. The van der Waals surface area contributed by atoms with Gasteiger partial charge in [0.05, 0.1) is 11.6 Å². The van der Waals surface area contributed by atoms with Crippen molar-refractivity contribution >= 4 is 11.8 Å². The zero-order chi connectivity index (χ0) is 21.0. The molecule has 1 aliphatic rings. The van der Waals surface area contributed by atoms with Crippen molar-refractivity contribution in [3.05, 3.63) is 30.1 Å². The molecule has 156 valence electrons. The number of halogens is 6. The largest absolute Gasteiger partial charge is 0.471 e. The van der Waals surface area contributed by atoms with E-state index in [-0.39, 0.29) is 32.4 Å². The van der Waals surface area contributed by atoms with Crippen LogP contribution in [0.15, 0.2) is 24.5 Å². The second kappa shape index (κ2) is 8.33. The van der Waals surface area contributed by atoms with Gasteiger partial charge in [-0.25, -0.2) is 0 Å². The first-order valence-electron chi connectivity index (χ1n) is 8.31. The van der Waals surface area contributed by atoms with E-state index >= 15 is 0 Å². The van der Waals surface area contributed by atoms with Gasteiger partial charge in [0.2, 0.25) is 0 Å². The van der Waals surface area contributed by atoms with E-state index in [1.807, 2.05) is 5.32 Å².